The minimum absolute atomic E-state index is 0.105. The average molecular weight is 355 g/mol. The van der Waals surface area contributed by atoms with Crippen molar-refractivity contribution >= 4 is 46.2 Å². The SMILES string of the molecule is COC(=O)c1cc(NC(=O)c2cc([N+](=O)[O-])c(C)s2)ccc1Cl. The summed E-state index contributed by atoms with van der Waals surface area (Å²) in [7, 11) is 1.22. The molecular formula is C14H11ClN2O5S. The smallest absolute Gasteiger partial charge is 0.339 e. The lowest BCUT2D eigenvalue weighted by molar-refractivity contribution is -0.385. The number of halogens is 1. The molecule has 9 heteroatoms. The monoisotopic (exact) mass is 354 g/mol. The fourth-order valence-corrected chi connectivity index (χ4v) is 2.90. The Bertz CT molecular complexity index is 802. The molecule has 2 rings (SSSR count). The van der Waals surface area contributed by atoms with Gasteiger partial charge in [0.25, 0.3) is 11.6 Å². The maximum atomic E-state index is 12.2. The molecule has 2 aromatic rings. The number of carbonyl (C=O) groups is 2. The molecule has 0 spiro atoms. The molecule has 23 heavy (non-hydrogen) atoms. The maximum absolute atomic E-state index is 12.2. The Morgan fingerprint density at radius 1 is 1.35 bits per heavy atom. The van der Waals surface area contributed by atoms with Crippen LogP contribution in [0.3, 0.4) is 0 Å². The van der Waals surface area contributed by atoms with Crippen LogP contribution < -0.4 is 5.32 Å². The number of carbonyl (C=O) groups excluding carboxylic acids is 2. The first-order valence-electron chi connectivity index (χ1n) is 6.27. The number of nitro groups is 1. The lowest BCUT2D eigenvalue weighted by Crippen LogP contribution is -2.11. The Balaban J connectivity index is 2.25. The molecule has 1 heterocycles. The van der Waals surface area contributed by atoms with Crippen LogP contribution in [-0.4, -0.2) is 23.9 Å². The third-order valence-corrected chi connectivity index (χ3v) is 4.31. The van der Waals surface area contributed by atoms with Gasteiger partial charge in [-0.2, -0.15) is 0 Å². The second kappa shape index (κ2) is 6.76. The molecule has 1 aromatic carbocycles. The summed E-state index contributed by atoms with van der Waals surface area (Å²) in [6, 6.07) is 5.56. The highest BCUT2D eigenvalue weighted by Crippen LogP contribution is 2.29. The fourth-order valence-electron chi connectivity index (χ4n) is 1.83. The summed E-state index contributed by atoms with van der Waals surface area (Å²) in [6.07, 6.45) is 0. The van der Waals surface area contributed by atoms with E-state index in [1.807, 2.05) is 0 Å². The number of benzene rings is 1. The number of nitrogens with one attached hydrogen (secondary N) is 1. The minimum Gasteiger partial charge on any atom is -0.465 e. The lowest BCUT2D eigenvalue weighted by atomic mass is 10.2. The van der Waals surface area contributed by atoms with Crippen LogP contribution in [0.1, 0.15) is 24.9 Å². The van der Waals surface area contributed by atoms with E-state index in [1.165, 1.54) is 31.4 Å². The Morgan fingerprint density at radius 2 is 2.04 bits per heavy atom. The molecule has 1 N–H and O–H groups in total. The Kier molecular flexibility index (Phi) is 4.97. The quantitative estimate of drug-likeness (QED) is 0.513. The zero-order valence-corrected chi connectivity index (χ0v) is 13.7. The van der Waals surface area contributed by atoms with Crippen LogP contribution in [-0.2, 0) is 4.74 Å². The van der Waals surface area contributed by atoms with Crippen molar-refractivity contribution in [2.45, 2.75) is 6.92 Å². The van der Waals surface area contributed by atoms with Gasteiger partial charge in [0.05, 0.1) is 32.4 Å². The lowest BCUT2D eigenvalue weighted by Gasteiger charge is -2.07. The Labute approximate surface area is 140 Å². The molecular weight excluding hydrogens is 344 g/mol. The van der Waals surface area contributed by atoms with Crippen molar-refractivity contribution in [3.8, 4) is 0 Å². The molecule has 0 bridgehead atoms. The van der Waals surface area contributed by atoms with Crippen molar-refractivity contribution < 1.29 is 19.2 Å². The van der Waals surface area contributed by atoms with Gasteiger partial charge in [0, 0.05) is 11.8 Å². The highest BCUT2D eigenvalue weighted by Gasteiger charge is 2.20. The van der Waals surface area contributed by atoms with Crippen LogP contribution in [0.4, 0.5) is 11.4 Å². The van der Waals surface area contributed by atoms with Gasteiger partial charge in [-0.1, -0.05) is 11.6 Å². The number of anilines is 1. The standard InChI is InChI=1S/C14H11ClN2O5S/c1-7-11(17(20)21)6-12(23-7)13(18)16-8-3-4-10(15)9(5-8)14(19)22-2/h3-6H,1-2H3,(H,16,18). The second-order valence-electron chi connectivity index (χ2n) is 4.45. The molecule has 0 aliphatic heterocycles. The molecule has 0 radical (unpaired) electrons. The number of rotatable bonds is 4. The van der Waals surface area contributed by atoms with Gasteiger partial charge in [-0.3, -0.25) is 14.9 Å². The van der Waals surface area contributed by atoms with E-state index in [0.717, 1.165) is 11.3 Å². The summed E-state index contributed by atoms with van der Waals surface area (Å²) in [5.74, 6) is -1.14. The summed E-state index contributed by atoms with van der Waals surface area (Å²) < 4.78 is 4.60. The molecule has 0 unspecified atom stereocenters. The van der Waals surface area contributed by atoms with E-state index >= 15 is 0 Å². The number of thiophene rings is 1. The molecule has 0 fully saturated rings. The number of amides is 1. The first-order chi connectivity index (χ1) is 10.8. The molecule has 1 amide bonds. The summed E-state index contributed by atoms with van der Waals surface area (Å²) in [4.78, 5) is 34.7. The molecule has 1 aromatic heterocycles. The fraction of sp³-hybridized carbons (Fsp3) is 0.143. The van der Waals surface area contributed by atoms with Crippen molar-refractivity contribution in [2.24, 2.45) is 0 Å². The number of nitrogens with zero attached hydrogens (tertiary/aromatic N) is 1. The predicted molar refractivity (Wildman–Crippen MR) is 86.5 cm³/mol. The molecule has 0 atom stereocenters. The van der Waals surface area contributed by atoms with E-state index in [9.17, 15) is 19.7 Å². The van der Waals surface area contributed by atoms with Crippen LogP contribution in [0.25, 0.3) is 0 Å². The van der Waals surface area contributed by atoms with Crippen molar-refractivity contribution in [1.29, 1.82) is 0 Å². The van der Waals surface area contributed by atoms with Gasteiger partial charge in [-0.05, 0) is 25.1 Å². The normalized spacial score (nSPS) is 10.2. The van der Waals surface area contributed by atoms with Gasteiger partial charge in [-0.15, -0.1) is 11.3 Å². The molecule has 0 aliphatic carbocycles. The number of methoxy groups -OCH3 is 1. The molecule has 120 valence electrons. The third kappa shape index (κ3) is 3.66. The van der Waals surface area contributed by atoms with E-state index < -0.39 is 16.8 Å². The largest absolute Gasteiger partial charge is 0.465 e. The summed E-state index contributed by atoms with van der Waals surface area (Å²) in [6.45, 7) is 1.57. The highest BCUT2D eigenvalue weighted by molar-refractivity contribution is 7.14. The maximum Gasteiger partial charge on any atom is 0.339 e. The number of hydrogen-bond acceptors (Lipinski definition) is 6. The number of hydrogen-bond donors (Lipinski definition) is 1. The topological polar surface area (TPSA) is 98.5 Å². The molecule has 0 aliphatic rings. The van der Waals surface area contributed by atoms with Crippen LogP contribution in [0.2, 0.25) is 5.02 Å². The van der Waals surface area contributed by atoms with Gasteiger partial charge >= 0.3 is 5.97 Å². The second-order valence-corrected chi connectivity index (χ2v) is 6.11. The van der Waals surface area contributed by atoms with E-state index in [-0.39, 0.29) is 21.2 Å². The molecule has 0 saturated carbocycles. The van der Waals surface area contributed by atoms with Crippen molar-refractivity contribution in [2.75, 3.05) is 12.4 Å². The van der Waals surface area contributed by atoms with Gasteiger partial charge in [0.15, 0.2) is 0 Å². The van der Waals surface area contributed by atoms with Crippen LogP contribution in [0.5, 0.6) is 0 Å². The number of ether oxygens (including phenoxy) is 1. The van der Waals surface area contributed by atoms with Gasteiger partial charge in [0.2, 0.25) is 0 Å². The predicted octanol–water partition coefficient (Wildman–Crippen LogP) is 3.66. The zero-order chi connectivity index (χ0) is 17.1. The van der Waals surface area contributed by atoms with E-state index in [2.05, 4.69) is 10.1 Å². The van der Waals surface area contributed by atoms with E-state index in [4.69, 9.17) is 11.6 Å². The first-order valence-corrected chi connectivity index (χ1v) is 7.47. The van der Waals surface area contributed by atoms with Crippen LogP contribution in [0.15, 0.2) is 24.3 Å². The van der Waals surface area contributed by atoms with Crippen LogP contribution >= 0.6 is 22.9 Å². The summed E-state index contributed by atoms with van der Waals surface area (Å²) >= 11 is 6.91. The van der Waals surface area contributed by atoms with Crippen molar-refractivity contribution in [3.63, 3.8) is 0 Å². The minimum atomic E-state index is -0.631. The first kappa shape index (κ1) is 16.9. The van der Waals surface area contributed by atoms with Crippen LogP contribution in [0, 0.1) is 17.0 Å². The van der Waals surface area contributed by atoms with Gasteiger partial charge < -0.3 is 10.1 Å². The van der Waals surface area contributed by atoms with Gasteiger partial charge in [-0.25, -0.2) is 4.79 Å². The average Bonchev–Trinajstić information content (AvgIpc) is 2.90. The molecule has 7 nitrogen and oxygen atoms in total. The highest BCUT2D eigenvalue weighted by atomic mass is 35.5. The third-order valence-electron chi connectivity index (χ3n) is 2.94. The van der Waals surface area contributed by atoms with Crippen molar-refractivity contribution in [1.82, 2.24) is 0 Å². The van der Waals surface area contributed by atoms with Gasteiger partial charge in [0.1, 0.15) is 0 Å². The van der Waals surface area contributed by atoms with Crippen molar-refractivity contribution in [3.05, 3.63) is 54.7 Å². The Hall–Kier alpha value is -2.45. The molecule has 0 saturated heterocycles. The van der Waals surface area contributed by atoms with E-state index in [1.54, 1.807) is 6.92 Å². The summed E-state index contributed by atoms with van der Waals surface area (Å²) in [5.41, 5.74) is 0.334. The number of esters is 1. The Morgan fingerprint density at radius 3 is 2.61 bits per heavy atom. The summed E-state index contributed by atoms with van der Waals surface area (Å²) in [5, 5.41) is 13.6. The zero-order valence-electron chi connectivity index (χ0n) is 12.1. The number of aryl methyl sites for hydroxylation is 1. The van der Waals surface area contributed by atoms with E-state index in [0.29, 0.717) is 10.6 Å².